The number of aromatic nitrogens is 3. The second-order valence-electron chi connectivity index (χ2n) is 4.62. The lowest BCUT2D eigenvalue weighted by atomic mass is 10.1. The Morgan fingerprint density at radius 2 is 2.15 bits per heavy atom. The van der Waals surface area contributed by atoms with E-state index < -0.39 is 0 Å². The van der Waals surface area contributed by atoms with Gasteiger partial charge in [-0.3, -0.25) is 4.98 Å². The van der Waals surface area contributed by atoms with E-state index in [0.29, 0.717) is 11.8 Å². The van der Waals surface area contributed by atoms with Gasteiger partial charge in [-0.25, -0.2) is 0 Å². The van der Waals surface area contributed by atoms with Crippen LogP contribution >= 0.6 is 0 Å². The molecular formula is C15H16N4O. The molecule has 1 N–H and O–H groups in total. The minimum absolute atomic E-state index is 0.565. The van der Waals surface area contributed by atoms with E-state index in [1.165, 1.54) is 0 Å². The Morgan fingerprint density at radius 1 is 1.20 bits per heavy atom. The molecule has 0 fully saturated rings. The number of aryl methyl sites for hydroxylation is 1. The van der Waals surface area contributed by atoms with Crippen LogP contribution in [0.4, 0.5) is 0 Å². The Kier molecular flexibility index (Phi) is 3.69. The third-order valence-electron chi connectivity index (χ3n) is 3.13. The van der Waals surface area contributed by atoms with Gasteiger partial charge in [-0.15, -0.1) is 10.2 Å². The zero-order valence-electron chi connectivity index (χ0n) is 11.3. The smallest absolute Gasteiger partial charge is 0.247 e. The number of benzene rings is 1. The molecule has 0 unspecified atom stereocenters. The first-order valence-corrected chi connectivity index (χ1v) is 6.69. The van der Waals surface area contributed by atoms with Crippen LogP contribution < -0.4 is 5.32 Å². The van der Waals surface area contributed by atoms with Crippen molar-refractivity contribution < 1.29 is 4.42 Å². The van der Waals surface area contributed by atoms with E-state index in [0.717, 1.165) is 35.9 Å². The maximum absolute atomic E-state index is 5.69. The Balaban J connectivity index is 1.83. The molecule has 0 aliphatic rings. The lowest BCUT2D eigenvalue weighted by molar-refractivity contribution is 0.495. The van der Waals surface area contributed by atoms with Crippen molar-refractivity contribution in [2.24, 2.45) is 0 Å². The fraction of sp³-hybridized carbons (Fsp3) is 0.267. The predicted octanol–water partition coefficient (Wildman–Crippen LogP) is 2.44. The Labute approximate surface area is 117 Å². The quantitative estimate of drug-likeness (QED) is 0.720. The van der Waals surface area contributed by atoms with E-state index in [1.807, 2.05) is 37.4 Å². The Bertz CT molecular complexity index is 708. The molecule has 0 bridgehead atoms. The largest absolute Gasteiger partial charge is 0.421 e. The van der Waals surface area contributed by atoms with Crippen LogP contribution in [0, 0.1) is 0 Å². The summed E-state index contributed by atoms with van der Waals surface area (Å²) in [6, 6.07) is 9.89. The zero-order chi connectivity index (χ0) is 13.8. The third-order valence-corrected chi connectivity index (χ3v) is 3.13. The summed E-state index contributed by atoms with van der Waals surface area (Å²) in [4.78, 5) is 4.30. The van der Waals surface area contributed by atoms with Crippen LogP contribution in [0.2, 0.25) is 0 Å². The molecule has 5 nitrogen and oxygen atoms in total. The van der Waals surface area contributed by atoms with Gasteiger partial charge in [0.2, 0.25) is 11.8 Å². The molecule has 20 heavy (non-hydrogen) atoms. The van der Waals surface area contributed by atoms with E-state index >= 15 is 0 Å². The molecule has 102 valence electrons. The minimum atomic E-state index is 0.565. The number of fused-ring (bicyclic) bond motifs is 1. The highest BCUT2D eigenvalue weighted by molar-refractivity contribution is 5.82. The fourth-order valence-electron chi connectivity index (χ4n) is 2.10. The monoisotopic (exact) mass is 268 g/mol. The van der Waals surface area contributed by atoms with Crippen LogP contribution in [0.15, 0.2) is 40.9 Å². The Morgan fingerprint density at radius 3 is 3.05 bits per heavy atom. The van der Waals surface area contributed by atoms with E-state index in [-0.39, 0.29) is 0 Å². The van der Waals surface area contributed by atoms with Crippen molar-refractivity contribution in [1.82, 2.24) is 20.5 Å². The van der Waals surface area contributed by atoms with Crippen molar-refractivity contribution >= 4 is 10.9 Å². The summed E-state index contributed by atoms with van der Waals surface area (Å²) in [7, 11) is 1.93. The third kappa shape index (κ3) is 2.67. The molecule has 2 aromatic heterocycles. The van der Waals surface area contributed by atoms with Crippen molar-refractivity contribution in [1.29, 1.82) is 0 Å². The van der Waals surface area contributed by atoms with Gasteiger partial charge in [-0.2, -0.15) is 0 Å². The van der Waals surface area contributed by atoms with Crippen molar-refractivity contribution in [3.63, 3.8) is 0 Å². The minimum Gasteiger partial charge on any atom is -0.421 e. The van der Waals surface area contributed by atoms with Crippen LogP contribution in [-0.2, 0) is 6.42 Å². The molecular weight excluding hydrogens is 252 g/mol. The lowest BCUT2D eigenvalue weighted by Crippen LogP contribution is -2.08. The van der Waals surface area contributed by atoms with Crippen molar-refractivity contribution in [2.45, 2.75) is 12.8 Å². The maximum Gasteiger partial charge on any atom is 0.247 e. The van der Waals surface area contributed by atoms with Gasteiger partial charge >= 0.3 is 0 Å². The summed E-state index contributed by atoms with van der Waals surface area (Å²) in [6.07, 6.45) is 3.57. The highest BCUT2D eigenvalue weighted by Gasteiger charge is 2.09. The molecule has 0 aliphatic heterocycles. The van der Waals surface area contributed by atoms with E-state index in [1.54, 1.807) is 6.20 Å². The number of hydrogen-bond donors (Lipinski definition) is 1. The molecule has 0 saturated carbocycles. The molecule has 1 aromatic carbocycles. The molecule has 0 amide bonds. The zero-order valence-corrected chi connectivity index (χ0v) is 11.3. The summed E-state index contributed by atoms with van der Waals surface area (Å²) in [5.41, 5.74) is 1.89. The van der Waals surface area contributed by atoms with Crippen molar-refractivity contribution in [3.05, 3.63) is 42.4 Å². The van der Waals surface area contributed by atoms with Gasteiger partial charge in [0, 0.05) is 23.6 Å². The summed E-state index contributed by atoms with van der Waals surface area (Å²) < 4.78 is 5.69. The first-order chi connectivity index (χ1) is 9.86. The number of nitrogens with one attached hydrogen (secondary N) is 1. The molecule has 5 heteroatoms. The van der Waals surface area contributed by atoms with Crippen LogP contribution in [0.3, 0.4) is 0 Å². The van der Waals surface area contributed by atoms with Crippen molar-refractivity contribution in [3.8, 4) is 11.5 Å². The summed E-state index contributed by atoms with van der Waals surface area (Å²) in [5.74, 6) is 1.25. The molecule has 0 spiro atoms. The van der Waals surface area contributed by atoms with Gasteiger partial charge in [0.05, 0.1) is 5.52 Å². The van der Waals surface area contributed by atoms with Crippen LogP contribution in [0.5, 0.6) is 0 Å². The van der Waals surface area contributed by atoms with E-state index in [9.17, 15) is 0 Å². The number of hydrogen-bond acceptors (Lipinski definition) is 5. The second-order valence-corrected chi connectivity index (χ2v) is 4.62. The maximum atomic E-state index is 5.69. The first kappa shape index (κ1) is 12.7. The fourth-order valence-corrected chi connectivity index (χ4v) is 2.10. The SMILES string of the molecule is CNCCCc1nnc(-c2ccc3ncccc3c2)o1. The van der Waals surface area contributed by atoms with Gasteiger partial charge in [0.15, 0.2) is 0 Å². The molecule has 2 heterocycles. The number of nitrogens with zero attached hydrogens (tertiary/aromatic N) is 3. The van der Waals surface area contributed by atoms with Crippen LogP contribution in [0.1, 0.15) is 12.3 Å². The summed E-state index contributed by atoms with van der Waals surface area (Å²) >= 11 is 0. The predicted molar refractivity (Wildman–Crippen MR) is 77.3 cm³/mol. The van der Waals surface area contributed by atoms with Crippen LogP contribution in [0.25, 0.3) is 22.4 Å². The molecule has 3 rings (SSSR count). The summed E-state index contributed by atoms with van der Waals surface area (Å²) in [6.45, 7) is 0.944. The highest BCUT2D eigenvalue weighted by Crippen LogP contribution is 2.22. The van der Waals surface area contributed by atoms with Crippen LogP contribution in [-0.4, -0.2) is 28.8 Å². The Hall–Kier alpha value is -2.27. The normalized spacial score (nSPS) is 11.1. The molecule has 0 aliphatic carbocycles. The van der Waals surface area contributed by atoms with Crippen molar-refractivity contribution in [2.75, 3.05) is 13.6 Å². The van der Waals surface area contributed by atoms with Gasteiger partial charge in [0.25, 0.3) is 0 Å². The molecule has 0 radical (unpaired) electrons. The summed E-state index contributed by atoms with van der Waals surface area (Å²) in [5, 5.41) is 12.4. The van der Waals surface area contributed by atoms with E-state index in [2.05, 4.69) is 20.5 Å². The topological polar surface area (TPSA) is 63.8 Å². The average molecular weight is 268 g/mol. The average Bonchev–Trinajstić information content (AvgIpc) is 2.96. The highest BCUT2D eigenvalue weighted by atomic mass is 16.4. The number of rotatable bonds is 5. The molecule has 0 saturated heterocycles. The van der Waals surface area contributed by atoms with Gasteiger partial charge in [-0.05, 0) is 44.3 Å². The number of pyridine rings is 1. The molecule has 0 atom stereocenters. The first-order valence-electron chi connectivity index (χ1n) is 6.69. The van der Waals surface area contributed by atoms with Gasteiger partial charge in [0.1, 0.15) is 0 Å². The van der Waals surface area contributed by atoms with E-state index in [4.69, 9.17) is 4.42 Å². The van der Waals surface area contributed by atoms with Gasteiger partial charge < -0.3 is 9.73 Å². The molecule has 3 aromatic rings. The standard InChI is InChI=1S/C15H16N4O/c1-16-8-3-5-14-18-19-15(20-14)12-6-7-13-11(10-12)4-2-9-17-13/h2,4,6-7,9-10,16H,3,5,8H2,1H3. The second kappa shape index (κ2) is 5.79. The lowest BCUT2D eigenvalue weighted by Gasteiger charge is -1.99. The van der Waals surface area contributed by atoms with Gasteiger partial charge in [-0.1, -0.05) is 6.07 Å².